The Balaban J connectivity index is 2.24. The molecule has 0 atom stereocenters. The summed E-state index contributed by atoms with van der Waals surface area (Å²) in [5.41, 5.74) is 2.37. The molecule has 1 aliphatic rings. The molecule has 0 aromatic carbocycles. The summed E-state index contributed by atoms with van der Waals surface area (Å²) in [5.74, 6) is 1.90. The Bertz CT molecular complexity index is 539. The minimum atomic E-state index is 0.717. The van der Waals surface area contributed by atoms with E-state index in [-0.39, 0.29) is 0 Å². The number of hydrogen-bond acceptors (Lipinski definition) is 4. The Hall–Kier alpha value is -1.65. The molecule has 17 heavy (non-hydrogen) atoms. The zero-order chi connectivity index (χ0) is 11.8. The van der Waals surface area contributed by atoms with E-state index in [2.05, 4.69) is 33.8 Å². The second-order valence-corrected chi connectivity index (χ2v) is 4.53. The zero-order valence-electron chi connectivity index (χ0n) is 10.3. The molecule has 90 valence electrons. The van der Waals surface area contributed by atoms with Gasteiger partial charge in [-0.3, -0.25) is 0 Å². The molecular weight excluding hydrogens is 214 g/mol. The first-order chi connectivity index (χ1) is 8.31. The lowest BCUT2D eigenvalue weighted by Gasteiger charge is -2.21. The second-order valence-electron chi connectivity index (χ2n) is 4.53. The molecular formula is C12H17N5. The monoisotopic (exact) mass is 231 g/mol. The van der Waals surface area contributed by atoms with Gasteiger partial charge in [0.1, 0.15) is 12.1 Å². The number of aromatic nitrogens is 4. The lowest BCUT2D eigenvalue weighted by atomic mass is 10.2. The number of anilines is 1. The fourth-order valence-electron chi connectivity index (χ4n) is 2.60. The molecule has 0 spiro atoms. The SMILES string of the molecule is CCc1nc2ncnn2c(N2CCCC2)c1C. The van der Waals surface area contributed by atoms with Crippen molar-refractivity contribution in [2.24, 2.45) is 0 Å². The molecule has 0 bridgehead atoms. The van der Waals surface area contributed by atoms with E-state index >= 15 is 0 Å². The Morgan fingerprint density at radius 3 is 2.76 bits per heavy atom. The average molecular weight is 231 g/mol. The van der Waals surface area contributed by atoms with Gasteiger partial charge in [-0.1, -0.05) is 6.92 Å². The number of aryl methyl sites for hydroxylation is 1. The molecule has 3 rings (SSSR count). The van der Waals surface area contributed by atoms with Crippen LogP contribution < -0.4 is 4.90 Å². The summed E-state index contributed by atoms with van der Waals surface area (Å²) < 4.78 is 1.87. The number of rotatable bonds is 2. The normalized spacial score (nSPS) is 16.0. The molecule has 2 aromatic heterocycles. The van der Waals surface area contributed by atoms with E-state index in [1.54, 1.807) is 6.33 Å². The van der Waals surface area contributed by atoms with Crippen molar-refractivity contribution in [3.8, 4) is 0 Å². The quantitative estimate of drug-likeness (QED) is 0.787. The summed E-state index contributed by atoms with van der Waals surface area (Å²) in [5, 5.41) is 4.30. The highest BCUT2D eigenvalue weighted by Gasteiger charge is 2.20. The fraction of sp³-hybridized carbons (Fsp3) is 0.583. The first kappa shape index (κ1) is 10.5. The van der Waals surface area contributed by atoms with Gasteiger partial charge in [-0.2, -0.15) is 14.6 Å². The van der Waals surface area contributed by atoms with E-state index in [4.69, 9.17) is 0 Å². The van der Waals surface area contributed by atoms with Crippen molar-refractivity contribution >= 4 is 11.6 Å². The largest absolute Gasteiger partial charge is 0.356 e. The van der Waals surface area contributed by atoms with Gasteiger partial charge in [0, 0.05) is 18.7 Å². The van der Waals surface area contributed by atoms with Crippen LogP contribution in [-0.4, -0.2) is 32.7 Å². The van der Waals surface area contributed by atoms with Gasteiger partial charge in [0.05, 0.1) is 5.69 Å². The minimum Gasteiger partial charge on any atom is -0.356 e. The third-order valence-electron chi connectivity index (χ3n) is 3.47. The Kier molecular flexibility index (Phi) is 2.46. The van der Waals surface area contributed by atoms with Crippen LogP contribution in [0.1, 0.15) is 31.0 Å². The van der Waals surface area contributed by atoms with Crippen LogP contribution in [-0.2, 0) is 6.42 Å². The van der Waals surface area contributed by atoms with Gasteiger partial charge >= 0.3 is 0 Å². The first-order valence-corrected chi connectivity index (χ1v) is 6.25. The van der Waals surface area contributed by atoms with Crippen molar-refractivity contribution in [3.05, 3.63) is 17.6 Å². The van der Waals surface area contributed by atoms with Crippen LogP contribution in [0.2, 0.25) is 0 Å². The standard InChI is InChI=1S/C12H17N5/c1-3-10-9(2)11(16-6-4-5-7-16)17-12(15-10)13-8-14-17/h8H,3-7H2,1-2H3. The summed E-state index contributed by atoms with van der Waals surface area (Å²) in [7, 11) is 0. The van der Waals surface area contributed by atoms with Gasteiger partial charge in [-0.25, -0.2) is 4.98 Å². The van der Waals surface area contributed by atoms with Gasteiger partial charge in [-0.05, 0) is 26.2 Å². The zero-order valence-corrected chi connectivity index (χ0v) is 10.3. The molecule has 1 aliphatic heterocycles. The Labute approximate surface area is 100 Å². The molecule has 5 nitrogen and oxygen atoms in total. The van der Waals surface area contributed by atoms with Crippen LogP contribution in [0.15, 0.2) is 6.33 Å². The Morgan fingerprint density at radius 2 is 2.06 bits per heavy atom. The average Bonchev–Trinajstić information content (AvgIpc) is 2.97. The maximum Gasteiger partial charge on any atom is 0.254 e. The summed E-state index contributed by atoms with van der Waals surface area (Å²) in [6.07, 6.45) is 5.05. The number of fused-ring (bicyclic) bond motifs is 1. The van der Waals surface area contributed by atoms with Crippen molar-refractivity contribution in [2.75, 3.05) is 18.0 Å². The van der Waals surface area contributed by atoms with E-state index < -0.39 is 0 Å². The summed E-state index contributed by atoms with van der Waals surface area (Å²) >= 11 is 0. The van der Waals surface area contributed by atoms with Crippen LogP contribution >= 0.6 is 0 Å². The highest BCUT2D eigenvalue weighted by atomic mass is 15.4. The van der Waals surface area contributed by atoms with Crippen molar-refractivity contribution in [1.82, 2.24) is 19.6 Å². The van der Waals surface area contributed by atoms with Gasteiger partial charge in [0.2, 0.25) is 0 Å². The molecule has 0 amide bonds. The highest BCUT2D eigenvalue weighted by molar-refractivity contribution is 5.54. The third kappa shape index (κ3) is 1.57. The molecule has 1 saturated heterocycles. The third-order valence-corrected chi connectivity index (χ3v) is 3.47. The fourth-order valence-corrected chi connectivity index (χ4v) is 2.60. The van der Waals surface area contributed by atoms with Crippen LogP contribution in [0.3, 0.4) is 0 Å². The molecule has 2 aromatic rings. The van der Waals surface area contributed by atoms with Gasteiger partial charge in [0.15, 0.2) is 0 Å². The van der Waals surface area contributed by atoms with Crippen LogP contribution in [0, 0.1) is 6.92 Å². The lowest BCUT2D eigenvalue weighted by Crippen LogP contribution is -2.23. The van der Waals surface area contributed by atoms with E-state index in [1.807, 2.05) is 4.52 Å². The van der Waals surface area contributed by atoms with Gasteiger partial charge in [0.25, 0.3) is 5.78 Å². The molecule has 1 fully saturated rings. The maximum absolute atomic E-state index is 4.55. The van der Waals surface area contributed by atoms with Gasteiger partial charge in [-0.15, -0.1) is 0 Å². The first-order valence-electron chi connectivity index (χ1n) is 6.25. The topological polar surface area (TPSA) is 46.3 Å². The van der Waals surface area contributed by atoms with E-state index in [9.17, 15) is 0 Å². The smallest absolute Gasteiger partial charge is 0.254 e. The molecule has 5 heteroatoms. The summed E-state index contributed by atoms with van der Waals surface area (Å²) in [4.78, 5) is 11.2. The Morgan fingerprint density at radius 1 is 1.29 bits per heavy atom. The number of hydrogen-bond donors (Lipinski definition) is 0. The van der Waals surface area contributed by atoms with E-state index in [1.165, 1.54) is 24.2 Å². The molecule has 0 saturated carbocycles. The van der Waals surface area contributed by atoms with Crippen molar-refractivity contribution in [2.45, 2.75) is 33.1 Å². The van der Waals surface area contributed by atoms with Crippen LogP contribution in [0.4, 0.5) is 5.82 Å². The maximum atomic E-state index is 4.55. The van der Waals surface area contributed by atoms with Crippen LogP contribution in [0.5, 0.6) is 0 Å². The van der Waals surface area contributed by atoms with E-state index in [0.717, 1.165) is 25.2 Å². The van der Waals surface area contributed by atoms with Crippen molar-refractivity contribution in [3.63, 3.8) is 0 Å². The van der Waals surface area contributed by atoms with Crippen molar-refractivity contribution in [1.29, 1.82) is 0 Å². The minimum absolute atomic E-state index is 0.717. The lowest BCUT2D eigenvalue weighted by molar-refractivity contribution is 0.824. The molecule has 0 radical (unpaired) electrons. The van der Waals surface area contributed by atoms with Crippen molar-refractivity contribution < 1.29 is 0 Å². The molecule has 0 N–H and O–H groups in total. The predicted molar refractivity (Wildman–Crippen MR) is 66.3 cm³/mol. The van der Waals surface area contributed by atoms with Crippen LogP contribution in [0.25, 0.3) is 5.78 Å². The van der Waals surface area contributed by atoms with Gasteiger partial charge < -0.3 is 4.90 Å². The highest BCUT2D eigenvalue weighted by Crippen LogP contribution is 2.26. The summed E-state index contributed by atoms with van der Waals surface area (Å²) in [6, 6.07) is 0. The predicted octanol–water partition coefficient (Wildman–Crippen LogP) is 1.60. The van der Waals surface area contributed by atoms with E-state index in [0.29, 0.717) is 5.78 Å². The molecule has 0 unspecified atom stereocenters. The second kappa shape index (κ2) is 3.98. The molecule has 3 heterocycles. The molecule has 0 aliphatic carbocycles. The number of nitrogens with zero attached hydrogens (tertiary/aromatic N) is 5. The summed E-state index contributed by atoms with van der Waals surface area (Å²) in [6.45, 7) is 6.50.